The molecule has 5 unspecified atom stereocenters. The zero-order valence-electron chi connectivity index (χ0n) is 38.7. The average Bonchev–Trinajstić information content (AvgIpc) is 3.27. The number of aliphatic hydroxyl groups excluding tert-OH is 3. The summed E-state index contributed by atoms with van der Waals surface area (Å²) in [4.78, 5) is 43.7. The van der Waals surface area contributed by atoms with E-state index in [0.717, 1.165) is 70.6 Å². The van der Waals surface area contributed by atoms with Gasteiger partial charge in [0.05, 0.1) is 26.4 Å². The van der Waals surface area contributed by atoms with Crippen molar-refractivity contribution in [1.29, 1.82) is 0 Å². The Morgan fingerprint density at radius 1 is 0.422 bits per heavy atom. The van der Waals surface area contributed by atoms with E-state index in [9.17, 15) is 43.8 Å². The molecule has 0 amide bonds. The number of rotatable bonds is 44. The quantitative estimate of drug-likeness (QED) is 0.0126. The molecule has 5 atom stereocenters. The predicted molar refractivity (Wildman–Crippen MR) is 251 cm³/mol. The zero-order chi connectivity index (χ0) is 47.4. The Morgan fingerprint density at radius 3 is 1.16 bits per heavy atom. The lowest BCUT2D eigenvalue weighted by Crippen LogP contribution is -2.25. The Hall–Kier alpha value is -2.52. The average molecular weight is 949 g/mol. The summed E-state index contributed by atoms with van der Waals surface area (Å²) in [5, 5.41) is 30.0. The van der Waals surface area contributed by atoms with Gasteiger partial charge in [-0.2, -0.15) is 0 Å². The highest BCUT2D eigenvalue weighted by Gasteiger charge is 2.28. The Bertz CT molecular complexity index is 1430. The summed E-state index contributed by atoms with van der Waals surface area (Å²) in [6, 6.07) is 0. The first kappa shape index (κ1) is 61.5. The van der Waals surface area contributed by atoms with Gasteiger partial charge in [0, 0.05) is 12.8 Å². The second-order valence-corrected chi connectivity index (χ2v) is 18.3. The Labute approximate surface area is 383 Å². The molecule has 15 nitrogen and oxygen atoms in total. The van der Waals surface area contributed by atoms with E-state index in [1.165, 1.54) is 38.5 Å². The lowest BCUT2D eigenvalue weighted by Gasteiger charge is -2.19. The van der Waals surface area contributed by atoms with E-state index in [-0.39, 0.29) is 12.8 Å². The first-order chi connectivity index (χ1) is 30.8. The molecule has 0 aliphatic rings. The Morgan fingerprint density at radius 2 is 0.734 bits per heavy atom. The van der Waals surface area contributed by atoms with E-state index in [0.29, 0.717) is 19.3 Å². The number of carbonyl (C=O) groups is 2. The number of hydrogen-bond acceptors (Lipinski definition) is 13. The highest BCUT2D eigenvalue weighted by atomic mass is 31.2. The van der Waals surface area contributed by atoms with Crippen LogP contribution in [-0.2, 0) is 46.3 Å². The largest absolute Gasteiger partial charge is 0.472 e. The summed E-state index contributed by atoms with van der Waals surface area (Å²) in [6.45, 7) is 0.260. The Balaban J connectivity index is 3.98. The van der Waals surface area contributed by atoms with E-state index in [4.69, 9.17) is 9.47 Å². The fraction of sp³-hybridized carbons (Fsp3) is 0.702. The van der Waals surface area contributed by atoms with Crippen LogP contribution >= 0.6 is 15.6 Å². The summed E-state index contributed by atoms with van der Waals surface area (Å²) >= 11 is 0. The first-order valence-electron chi connectivity index (χ1n) is 23.3. The van der Waals surface area contributed by atoms with Crippen molar-refractivity contribution in [2.45, 2.75) is 173 Å². The lowest BCUT2D eigenvalue weighted by molar-refractivity contribution is -0.148. The standard InChI is InChI=1S/C47H82O15P2/c1-3-5-7-9-11-13-15-17-19-20-22-24-26-28-30-32-34-36-47(52)58-38-44(49)40-60-64(55,56)62-42-45(50)41-61-63(53,54)59-39-43(48)37-57-46(51)35-33-31-29-27-25-23-21-18-16-14-12-10-8-6-4-2/h11-14,16-19,22,24,28,30,43-45,48-50H,3-10,15,20-21,23,25-27,29,31-42H2,1-2H3,(H,53,54)(H,55,56)/b13-11-,14-12+,18-16+,19-17-,24-22-,30-28-. The van der Waals surface area contributed by atoms with Crippen molar-refractivity contribution in [3.63, 3.8) is 0 Å². The fourth-order valence-corrected chi connectivity index (χ4v) is 7.08. The van der Waals surface area contributed by atoms with E-state index in [1.807, 2.05) is 12.2 Å². The second kappa shape index (κ2) is 43.1. The maximum atomic E-state index is 12.1. The number of unbranched alkanes of at least 4 members (excludes halogenated alkanes) is 13. The van der Waals surface area contributed by atoms with Crippen LogP contribution in [0.5, 0.6) is 0 Å². The van der Waals surface area contributed by atoms with Crippen LogP contribution < -0.4 is 0 Å². The zero-order valence-corrected chi connectivity index (χ0v) is 40.5. The molecule has 0 saturated heterocycles. The third-order valence-electron chi connectivity index (χ3n) is 9.16. The topological polar surface area (TPSA) is 225 Å². The van der Waals surface area contributed by atoms with Gasteiger partial charge in [0.1, 0.15) is 31.5 Å². The molecular weight excluding hydrogens is 866 g/mol. The van der Waals surface area contributed by atoms with E-state index >= 15 is 0 Å². The minimum atomic E-state index is -4.80. The molecule has 17 heteroatoms. The number of allylic oxidation sites excluding steroid dienone is 12. The van der Waals surface area contributed by atoms with Crippen molar-refractivity contribution < 1.29 is 71.4 Å². The van der Waals surface area contributed by atoms with Gasteiger partial charge in [-0.3, -0.25) is 27.7 Å². The third-order valence-corrected chi connectivity index (χ3v) is 11.1. The monoisotopic (exact) mass is 949 g/mol. The molecule has 0 aromatic heterocycles. The molecule has 64 heavy (non-hydrogen) atoms. The van der Waals surface area contributed by atoms with Gasteiger partial charge in [0.25, 0.3) is 0 Å². The molecule has 5 N–H and O–H groups in total. The lowest BCUT2D eigenvalue weighted by atomic mass is 10.1. The molecule has 0 bridgehead atoms. The summed E-state index contributed by atoms with van der Waals surface area (Å²) in [6.07, 6.45) is 41.8. The molecule has 0 radical (unpaired) electrons. The Kier molecular flexibility index (Phi) is 41.4. The van der Waals surface area contributed by atoms with Gasteiger partial charge in [0.15, 0.2) is 0 Å². The number of aliphatic hydroxyl groups is 3. The molecule has 0 rings (SSSR count). The summed E-state index contributed by atoms with van der Waals surface area (Å²) in [5.74, 6) is -1.07. The van der Waals surface area contributed by atoms with Gasteiger partial charge in [-0.1, -0.05) is 138 Å². The molecule has 0 aliphatic carbocycles. The van der Waals surface area contributed by atoms with Crippen LogP contribution in [0.4, 0.5) is 0 Å². The van der Waals surface area contributed by atoms with Crippen molar-refractivity contribution in [3.8, 4) is 0 Å². The van der Waals surface area contributed by atoms with Crippen molar-refractivity contribution in [3.05, 3.63) is 72.9 Å². The van der Waals surface area contributed by atoms with Crippen molar-refractivity contribution in [2.75, 3.05) is 39.6 Å². The fourth-order valence-electron chi connectivity index (χ4n) is 5.49. The molecule has 0 aromatic carbocycles. The molecular formula is C47H82O15P2. The highest BCUT2D eigenvalue weighted by Crippen LogP contribution is 2.45. The number of phosphoric acid groups is 2. The predicted octanol–water partition coefficient (Wildman–Crippen LogP) is 10.4. The summed E-state index contributed by atoms with van der Waals surface area (Å²) in [7, 11) is -9.59. The molecule has 0 saturated carbocycles. The van der Waals surface area contributed by atoms with E-state index in [2.05, 4.69) is 92.7 Å². The third kappa shape index (κ3) is 44.7. The van der Waals surface area contributed by atoms with Crippen LogP contribution in [0.25, 0.3) is 0 Å². The van der Waals surface area contributed by atoms with Crippen molar-refractivity contribution >= 4 is 27.6 Å². The van der Waals surface area contributed by atoms with Gasteiger partial charge in [-0.15, -0.1) is 0 Å². The van der Waals surface area contributed by atoms with E-state index in [1.54, 1.807) is 0 Å². The number of carbonyl (C=O) groups excluding carboxylic acids is 2. The van der Waals surface area contributed by atoms with Crippen LogP contribution in [0.2, 0.25) is 0 Å². The molecule has 0 fully saturated rings. The molecule has 370 valence electrons. The maximum absolute atomic E-state index is 12.1. The minimum absolute atomic E-state index is 0.117. The first-order valence-corrected chi connectivity index (χ1v) is 26.3. The SMILES string of the molecule is CCCCC/C=C\C/C=C\C/C=C\C/C=C\CCCC(=O)OCC(O)COP(=O)(O)OCC(O)COP(=O)(O)OCC(O)COC(=O)CCCCCCCC/C=C/C=C/CCCCC. The van der Waals surface area contributed by atoms with E-state index < -0.39 is 85.5 Å². The normalized spacial score (nSPS) is 15.8. The van der Waals surface area contributed by atoms with Crippen molar-refractivity contribution in [2.24, 2.45) is 0 Å². The van der Waals surface area contributed by atoms with Crippen LogP contribution in [0.15, 0.2) is 72.9 Å². The molecule has 0 aliphatic heterocycles. The maximum Gasteiger partial charge on any atom is 0.472 e. The smallest absolute Gasteiger partial charge is 0.463 e. The summed E-state index contributed by atoms with van der Waals surface area (Å²) in [5.41, 5.74) is 0. The highest BCUT2D eigenvalue weighted by molar-refractivity contribution is 7.47. The van der Waals surface area contributed by atoms with Gasteiger partial charge in [0.2, 0.25) is 0 Å². The van der Waals surface area contributed by atoms with Gasteiger partial charge in [-0.25, -0.2) is 9.13 Å². The van der Waals surface area contributed by atoms with Gasteiger partial charge < -0.3 is 34.6 Å². The number of esters is 2. The summed E-state index contributed by atoms with van der Waals surface area (Å²) < 4.78 is 52.9. The van der Waals surface area contributed by atoms with Crippen LogP contribution in [0.1, 0.15) is 155 Å². The molecule has 0 heterocycles. The van der Waals surface area contributed by atoms with Crippen LogP contribution in [-0.4, -0.2) is 95.0 Å². The second-order valence-electron chi connectivity index (χ2n) is 15.4. The van der Waals surface area contributed by atoms with Crippen LogP contribution in [0.3, 0.4) is 0 Å². The molecule has 0 aromatic rings. The molecule has 0 spiro atoms. The number of hydrogen-bond donors (Lipinski definition) is 5. The number of ether oxygens (including phenoxy) is 2. The van der Waals surface area contributed by atoms with Crippen LogP contribution in [0, 0.1) is 0 Å². The minimum Gasteiger partial charge on any atom is -0.463 e. The number of phosphoric ester groups is 2. The van der Waals surface area contributed by atoms with Gasteiger partial charge in [-0.05, 0) is 77.0 Å². The van der Waals surface area contributed by atoms with Crippen molar-refractivity contribution in [1.82, 2.24) is 0 Å². The van der Waals surface area contributed by atoms with Gasteiger partial charge >= 0.3 is 27.6 Å².